The first kappa shape index (κ1) is 24.3. The summed E-state index contributed by atoms with van der Waals surface area (Å²) in [7, 11) is 0. The molecule has 0 saturated heterocycles. The van der Waals surface area contributed by atoms with Crippen molar-refractivity contribution < 1.29 is 23.8 Å². The maximum Gasteiger partial charge on any atom is 0.339 e. The molecule has 0 fully saturated rings. The molecule has 0 aliphatic carbocycles. The highest BCUT2D eigenvalue weighted by Gasteiger charge is 2.49. The number of aromatic nitrogens is 1. The number of aliphatic hydroxyl groups is 1. The van der Waals surface area contributed by atoms with Crippen LogP contribution in [0.25, 0.3) is 10.9 Å². The second kappa shape index (κ2) is 9.58. The van der Waals surface area contributed by atoms with E-state index in [1.54, 1.807) is 25.1 Å². The number of H-pyrrole nitrogens is 1. The zero-order valence-corrected chi connectivity index (χ0v) is 20.3. The second-order valence-corrected chi connectivity index (χ2v) is 9.42. The van der Waals surface area contributed by atoms with E-state index in [1.807, 2.05) is 48.5 Å². The summed E-state index contributed by atoms with van der Waals surface area (Å²) in [5, 5.41) is 12.4. The Kier molecular flexibility index (Phi) is 6.29. The van der Waals surface area contributed by atoms with Crippen LogP contribution in [0.15, 0.2) is 90.2 Å². The van der Waals surface area contributed by atoms with Crippen molar-refractivity contribution in [2.45, 2.75) is 37.7 Å². The summed E-state index contributed by atoms with van der Waals surface area (Å²) >= 11 is 0. The smallest absolute Gasteiger partial charge is 0.339 e. The van der Waals surface area contributed by atoms with Gasteiger partial charge in [0.2, 0.25) is 5.91 Å². The van der Waals surface area contributed by atoms with Gasteiger partial charge in [-0.15, -0.1) is 0 Å². The molecule has 1 amide bonds. The van der Waals surface area contributed by atoms with Crippen molar-refractivity contribution in [2.24, 2.45) is 5.73 Å². The van der Waals surface area contributed by atoms with Crippen LogP contribution < -0.4 is 5.73 Å². The number of hydrogen-bond donors (Lipinski definition) is 3. The SMILES string of the molecule is CC1(c2ccccc2)OC(=O)C(C(c2ccccc2)c2[nH]c3cc(F)ccc3c2CCCC(N)=O)=C1O. The largest absolute Gasteiger partial charge is 0.507 e. The average molecular weight is 499 g/mol. The van der Waals surface area contributed by atoms with Gasteiger partial charge in [-0.3, -0.25) is 4.79 Å². The number of nitrogens with one attached hydrogen (secondary N) is 1. The lowest BCUT2D eigenvalue weighted by Crippen LogP contribution is -2.25. The van der Waals surface area contributed by atoms with Crippen LogP contribution in [0.2, 0.25) is 0 Å². The number of carbonyl (C=O) groups excluding carboxylic acids is 2. The van der Waals surface area contributed by atoms with Gasteiger partial charge >= 0.3 is 5.97 Å². The predicted octanol–water partition coefficient (Wildman–Crippen LogP) is 5.53. The number of aliphatic hydroxyl groups excluding tert-OH is 1. The van der Waals surface area contributed by atoms with E-state index in [2.05, 4.69) is 4.98 Å². The Hall–Kier alpha value is -4.39. The van der Waals surface area contributed by atoms with E-state index in [9.17, 15) is 19.1 Å². The minimum Gasteiger partial charge on any atom is -0.507 e. The molecule has 0 bridgehead atoms. The van der Waals surface area contributed by atoms with E-state index in [1.165, 1.54) is 12.1 Å². The van der Waals surface area contributed by atoms with Gasteiger partial charge in [0.05, 0.1) is 11.5 Å². The number of amides is 1. The summed E-state index contributed by atoms with van der Waals surface area (Å²) in [6.45, 7) is 1.67. The molecule has 0 spiro atoms. The highest BCUT2D eigenvalue weighted by molar-refractivity contribution is 5.96. The van der Waals surface area contributed by atoms with Crippen LogP contribution in [-0.4, -0.2) is 22.0 Å². The number of nitrogens with two attached hydrogens (primary N) is 1. The van der Waals surface area contributed by atoms with Crippen LogP contribution in [0.1, 0.15) is 48.1 Å². The third kappa shape index (κ3) is 4.37. The molecule has 5 rings (SSSR count). The fourth-order valence-electron chi connectivity index (χ4n) is 5.18. The molecule has 0 saturated carbocycles. The number of rotatable bonds is 8. The average Bonchev–Trinajstić information content (AvgIpc) is 3.35. The van der Waals surface area contributed by atoms with Crippen molar-refractivity contribution >= 4 is 22.8 Å². The number of carbonyl (C=O) groups is 2. The molecule has 2 atom stereocenters. The van der Waals surface area contributed by atoms with Crippen LogP contribution in [0, 0.1) is 5.82 Å². The lowest BCUT2D eigenvalue weighted by Gasteiger charge is -2.24. The van der Waals surface area contributed by atoms with Gasteiger partial charge in [-0.05, 0) is 49.1 Å². The Morgan fingerprint density at radius 2 is 1.76 bits per heavy atom. The van der Waals surface area contributed by atoms with Gasteiger partial charge in [-0.2, -0.15) is 0 Å². The number of aryl methyl sites for hydroxylation is 1. The van der Waals surface area contributed by atoms with Gasteiger partial charge in [-0.25, -0.2) is 9.18 Å². The second-order valence-electron chi connectivity index (χ2n) is 9.42. The summed E-state index contributed by atoms with van der Waals surface area (Å²) in [5.41, 5.74) is 7.54. The van der Waals surface area contributed by atoms with Gasteiger partial charge in [0.15, 0.2) is 11.4 Å². The molecular formula is C30H27FN2O4. The first-order chi connectivity index (χ1) is 17.8. The van der Waals surface area contributed by atoms with E-state index in [0.29, 0.717) is 29.6 Å². The lowest BCUT2D eigenvalue weighted by atomic mass is 9.82. The Balaban J connectivity index is 1.73. The highest BCUT2D eigenvalue weighted by Crippen LogP contribution is 2.47. The van der Waals surface area contributed by atoms with Gasteiger partial charge in [0.25, 0.3) is 0 Å². The summed E-state index contributed by atoms with van der Waals surface area (Å²) in [6.07, 6.45) is 1.13. The fourth-order valence-corrected chi connectivity index (χ4v) is 5.18. The minimum absolute atomic E-state index is 0.112. The molecule has 2 unspecified atom stereocenters. The zero-order chi connectivity index (χ0) is 26.2. The molecule has 4 N–H and O–H groups in total. The molecule has 37 heavy (non-hydrogen) atoms. The molecular weight excluding hydrogens is 471 g/mol. The van der Waals surface area contributed by atoms with Crippen molar-refractivity contribution in [3.8, 4) is 0 Å². The summed E-state index contributed by atoms with van der Waals surface area (Å²) in [6, 6.07) is 22.8. The van der Waals surface area contributed by atoms with Crippen molar-refractivity contribution in [1.82, 2.24) is 4.98 Å². The molecule has 4 aromatic rings. The molecule has 7 heteroatoms. The summed E-state index contributed by atoms with van der Waals surface area (Å²) in [4.78, 5) is 28.2. The molecule has 6 nitrogen and oxygen atoms in total. The number of ether oxygens (including phenoxy) is 1. The monoisotopic (exact) mass is 498 g/mol. The van der Waals surface area contributed by atoms with Crippen LogP contribution in [-0.2, 0) is 26.3 Å². The standard InChI is InChI=1S/C30H27FN2O4/c1-30(19-11-6-3-7-12-19)28(35)26(29(36)37-30)25(18-9-4-2-5-10-18)27-22(13-8-14-24(32)34)21-16-15-20(31)17-23(21)33-27/h2-7,9-12,15-17,25,33,35H,8,13-14H2,1H3,(H2,32,34). The Morgan fingerprint density at radius 1 is 1.08 bits per heavy atom. The molecule has 3 aromatic carbocycles. The predicted molar refractivity (Wildman–Crippen MR) is 138 cm³/mol. The fraction of sp³-hybridized carbons (Fsp3) is 0.200. The van der Waals surface area contributed by atoms with Gasteiger partial charge < -0.3 is 20.6 Å². The Labute approximate surface area is 213 Å². The maximum atomic E-state index is 14.2. The van der Waals surface area contributed by atoms with Crippen LogP contribution in [0.4, 0.5) is 4.39 Å². The topological polar surface area (TPSA) is 105 Å². The first-order valence-electron chi connectivity index (χ1n) is 12.2. The van der Waals surface area contributed by atoms with Crippen molar-refractivity contribution in [2.75, 3.05) is 0 Å². The molecule has 1 aliphatic rings. The highest BCUT2D eigenvalue weighted by atomic mass is 19.1. The van der Waals surface area contributed by atoms with Crippen molar-refractivity contribution in [1.29, 1.82) is 0 Å². The Morgan fingerprint density at radius 3 is 2.43 bits per heavy atom. The third-order valence-electron chi connectivity index (χ3n) is 7.01. The molecule has 1 aromatic heterocycles. The molecule has 0 radical (unpaired) electrons. The van der Waals surface area contributed by atoms with E-state index >= 15 is 0 Å². The summed E-state index contributed by atoms with van der Waals surface area (Å²) in [5.74, 6) is -2.35. The molecule has 1 aliphatic heterocycles. The zero-order valence-electron chi connectivity index (χ0n) is 20.3. The quantitative estimate of drug-likeness (QED) is 0.278. The van der Waals surface area contributed by atoms with E-state index in [-0.39, 0.29) is 17.8 Å². The number of halogens is 1. The van der Waals surface area contributed by atoms with Gasteiger partial charge in [0.1, 0.15) is 5.82 Å². The van der Waals surface area contributed by atoms with Crippen LogP contribution in [0.3, 0.4) is 0 Å². The van der Waals surface area contributed by atoms with Gasteiger partial charge in [0, 0.05) is 28.6 Å². The van der Waals surface area contributed by atoms with Crippen LogP contribution >= 0.6 is 0 Å². The summed E-state index contributed by atoms with van der Waals surface area (Å²) < 4.78 is 20.0. The normalized spacial score (nSPS) is 18.3. The Bertz CT molecular complexity index is 1510. The first-order valence-corrected chi connectivity index (χ1v) is 12.2. The van der Waals surface area contributed by atoms with Gasteiger partial charge in [-0.1, -0.05) is 60.7 Å². The van der Waals surface area contributed by atoms with E-state index in [4.69, 9.17) is 10.5 Å². The van der Waals surface area contributed by atoms with E-state index in [0.717, 1.165) is 16.5 Å². The molecule has 2 heterocycles. The molecule has 188 valence electrons. The number of primary amides is 1. The number of aromatic amines is 1. The minimum atomic E-state index is -1.36. The maximum absolute atomic E-state index is 14.2. The lowest BCUT2D eigenvalue weighted by molar-refractivity contribution is -0.147. The number of cyclic esters (lactones) is 1. The van der Waals surface area contributed by atoms with E-state index < -0.39 is 29.2 Å². The number of hydrogen-bond acceptors (Lipinski definition) is 4. The van der Waals surface area contributed by atoms with Crippen LogP contribution in [0.5, 0.6) is 0 Å². The number of esters is 1. The number of fused-ring (bicyclic) bond motifs is 1. The number of benzene rings is 3. The van der Waals surface area contributed by atoms with Crippen molar-refractivity contribution in [3.05, 3.63) is 118 Å². The van der Waals surface area contributed by atoms with Crippen molar-refractivity contribution in [3.63, 3.8) is 0 Å². The third-order valence-corrected chi connectivity index (χ3v) is 7.01.